The standard InChI is InChI=1S/C14H10Cl2FNO3/c1-20-11-6-7(5-9(17)12(11)16)10-4-3-8(15)13(18-10)14(19)21-2/h3-6H,1-2H3. The quantitative estimate of drug-likeness (QED) is 0.799. The number of ether oxygens (including phenoxy) is 2. The molecule has 2 rings (SSSR count). The Hall–Kier alpha value is -1.85. The molecule has 0 aliphatic heterocycles. The van der Waals surface area contributed by atoms with E-state index in [1.807, 2.05) is 0 Å². The van der Waals surface area contributed by atoms with Crippen LogP contribution in [0.15, 0.2) is 24.3 Å². The third-order valence-corrected chi connectivity index (χ3v) is 3.41. The molecule has 0 atom stereocenters. The van der Waals surface area contributed by atoms with E-state index in [1.165, 1.54) is 32.4 Å². The fraction of sp³-hybridized carbons (Fsp3) is 0.143. The summed E-state index contributed by atoms with van der Waals surface area (Å²) in [5.41, 5.74) is 0.690. The Labute approximate surface area is 130 Å². The van der Waals surface area contributed by atoms with E-state index in [1.54, 1.807) is 6.07 Å². The second kappa shape index (κ2) is 6.28. The predicted octanol–water partition coefficient (Wildman–Crippen LogP) is 3.99. The van der Waals surface area contributed by atoms with Crippen molar-refractivity contribution in [1.82, 2.24) is 4.98 Å². The number of esters is 1. The van der Waals surface area contributed by atoms with Gasteiger partial charge in [-0.3, -0.25) is 0 Å². The van der Waals surface area contributed by atoms with E-state index < -0.39 is 11.8 Å². The molecule has 0 radical (unpaired) electrons. The van der Waals surface area contributed by atoms with Gasteiger partial charge < -0.3 is 9.47 Å². The lowest BCUT2D eigenvalue weighted by Crippen LogP contribution is -2.06. The molecule has 0 saturated carbocycles. The van der Waals surface area contributed by atoms with Crippen LogP contribution >= 0.6 is 23.2 Å². The maximum absolute atomic E-state index is 13.8. The molecule has 0 spiro atoms. The van der Waals surface area contributed by atoms with Crippen LogP contribution in [0.3, 0.4) is 0 Å². The average Bonchev–Trinajstić information content (AvgIpc) is 2.49. The average molecular weight is 330 g/mol. The monoisotopic (exact) mass is 329 g/mol. The molecule has 0 bridgehead atoms. The molecule has 1 aromatic carbocycles. The summed E-state index contributed by atoms with van der Waals surface area (Å²) >= 11 is 11.7. The molecule has 1 heterocycles. The summed E-state index contributed by atoms with van der Waals surface area (Å²) in [7, 11) is 2.59. The number of nitrogens with zero attached hydrogens (tertiary/aromatic N) is 1. The third-order valence-electron chi connectivity index (χ3n) is 2.74. The molecule has 0 fully saturated rings. The van der Waals surface area contributed by atoms with Crippen molar-refractivity contribution in [2.75, 3.05) is 14.2 Å². The number of aromatic nitrogens is 1. The first-order chi connectivity index (χ1) is 9.97. The largest absolute Gasteiger partial charge is 0.495 e. The van der Waals surface area contributed by atoms with Crippen molar-refractivity contribution < 1.29 is 18.7 Å². The number of hydrogen-bond donors (Lipinski definition) is 0. The van der Waals surface area contributed by atoms with Crippen LogP contribution in [0.5, 0.6) is 5.75 Å². The van der Waals surface area contributed by atoms with Crippen LogP contribution in [0.1, 0.15) is 10.5 Å². The number of carbonyl (C=O) groups excluding carboxylic acids is 1. The first kappa shape index (κ1) is 15.5. The van der Waals surface area contributed by atoms with Gasteiger partial charge in [0.2, 0.25) is 0 Å². The third kappa shape index (κ3) is 3.09. The molecule has 0 aliphatic carbocycles. The summed E-state index contributed by atoms with van der Waals surface area (Å²) in [4.78, 5) is 15.7. The SMILES string of the molecule is COC(=O)c1nc(-c2cc(F)c(Cl)c(OC)c2)ccc1Cl. The molecule has 0 unspecified atom stereocenters. The fourth-order valence-electron chi connectivity index (χ4n) is 1.70. The minimum atomic E-state index is -0.678. The van der Waals surface area contributed by atoms with Gasteiger partial charge in [-0.2, -0.15) is 0 Å². The maximum atomic E-state index is 13.8. The van der Waals surface area contributed by atoms with E-state index in [-0.39, 0.29) is 21.5 Å². The normalized spacial score (nSPS) is 10.3. The smallest absolute Gasteiger partial charge is 0.358 e. The van der Waals surface area contributed by atoms with Crippen LogP contribution in [0.25, 0.3) is 11.3 Å². The highest BCUT2D eigenvalue weighted by atomic mass is 35.5. The Kier molecular flexibility index (Phi) is 4.65. The van der Waals surface area contributed by atoms with Crippen molar-refractivity contribution in [3.63, 3.8) is 0 Å². The van der Waals surface area contributed by atoms with Gasteiger partial charge >= 0.3 is 5.97 Å². The van der Waals surface area contributed by atoms with Crippen molar-refractivity contribution in [2.24, 2.45) is 0 Å². The van der Waals surface area contributed by atoms with Crippen LogP contribution in [0, 0.1) is 5.82 Å². The molecule has 2 aromatic rings. The van der Waals surface area contributed by atoms with Gasteiger partial charge in [-0.25, -0.2) is 14.2 Å². The van der Waals surface area contributed by atoms with E-state index in [0.717, 1.165) is 0 Å². The molecule has 7 heteroatoms. The van der Waals surface area contributed by atoms with Crippen LogP contribution in [-0.2, 0) is 4.74 Å². The lowest BCUT2D eigenvalue weighted by Gasteiger charge is -2.09. The van der Waals surface area contributed by atoms with Crippen LogP contribution < -0.4 is 4.74 Å². The summed E-state index contributed by atoms with van der Waals surface area (Å²) in [6.07, 6.45) is 0. The number of methoxy groups -OCH3 is 2. The highest BCUT2D eigenvalue weighted by Crippen LogP contribution is 2.33. The molecule has 110 valence electrons. The lowest BCUT2D eigenvalue weighted by molar-refractivity contribution is 0.0594. The summed E-state index contributed by atoms with van der Waals surface area (Å²) in [5.74, 6) is -1.16. The molecule has 4 nitrogen and oxygen atoms in total. The number of pyridine rings is 1. The summed E-state index contributed by atoms with van der Waals surface area (Å²) in [6.45, 7) is 0. The topological polar surface area (TPSA) is 48.4 Å². The molecule has 0 aliphatic rings. The zero-order chi connectivity index (χ0) is 15.6. The highest BCUT2D eigenvalue weighted by molar-refractivity contribution is 6.33. The van der Waals surface area contributed by atoms with Gasteiger partial charge in [0, 0.05) is 5.56 Å². The van der Waals surface area contributed by atoms with E-state index in [4.69, 9.17) is 27.9 Å². The van der Waals surface area contributed by atoms with E-state index in [9.17, 15) is 9.18 Å². The maximum Gasteiger partial charge on any atom is 0.358 e. The van der Waals surface area contributed by atoms with Gasteiger partial charge in [0.05, 0.1) is 24.9 Å². The number of rotatable bonds is 3. The van der Waals surface area contributed by atoms with Gasteiger partial charge in [0.15, 0.2) is 5.69 Å². The van der Waals surface area contributed by atoms with Gasteiger partial charge in [-0.05, 0) is 24.3 Å². The number of carbonyl (C=O) groups is 1. The van der Waals surface area contributed by atoms with Crippen molar-refractivity contribution in [3.8, 4) is 17.0 Å². The zero-order valence-electron chi connectivity index (χ0n) is 11.1. The predicted molar refractivity (Wildman–Crippen MR) is 77.5 cm³/mol. The minimum Gasteiger partial charge on any atom is -0.495 e. The highest BCUT2D eigenvalue weighted by Gasteiger charge is 2.16. The van der Waals surface area contributed by atoms with E-state index in [0.29, 0.717) is 11.3 Å². The van der Waals surface area contributed by atoms with Crippen molar-refractivity contribution in [2.45, 2.75) is 0 Å². The van der Waals surface area contributed by atoms with Crippen LogP contribution in [0.2, 0.25) is 10.0 Å². The Morgan fingerprint density at radius 1 is 1.24 bits per heavy atom. The molecular formula is C14H10Cl2FNO3. The molecule has 0 N–H and O–H groups in total. The number of benzene rings is 1. The minimum absolute atomic E-state index is 0.0500. The summed E-state index contributed by atoms with van der Waals surface area (Å²) in [5, 5.41) is 0.0235. The molecule has 0 saturated heterocycles. The van der Waals surface area contributed by atoms with Gasteiger partial charge in [-0.15, -0.1) is 0 Å². The van der Waals surface area contributed by atoms with Crippen molar-refractivity contribution >= 4 is 29.2 Å². The lowest BCUT2D eigenvalue weighted by atomic mass is 10.1. The first-order valence-corrected chi connectivity index (χ1v) is 6.51. The summed E-state index contributed by atoms with van der Waals surface area (Å²) in [6, 6.07) is 5.75. The number of halogens is 3. The Morgan fingerprint density at radius 3 is 2.57 bits per heavy atom. The van der Waals surface area contributed by atoms with Crippen molar-refractivity contribution in [1.29, 1.82) is 0 Å². The molecule has 1 aromatic heterocycles. The van der Waals surface area contributed by atoms with Crippen LogP contribution in [-0.4, -0.2) is 25.2 Å². The van der Waals surface area contributed by atoms with Gasteiger partial charge in [0.25, 0.3) is 0 Å². The van der Waals surface area contributed by atoms with Crippen LogP contribution in [0.4, 0.5) is 4.39 Å². The second-order valence-electron chi connectivity index (χ2n) is 3.99. The first-order valence-electron chi connectivity index (χ1n) is 5.76. The molecule has 0 amide bonds. The van der Waals surface area contributed by atoms with E-state index in [2.05, 4.69) is 9.72 Å². The Balaban J connectivity index is 2.57. The second-order valence-corrected chi connectivity index (χ2v) is 4.78. The number of hydrogen-bond acceptors (Lipinski definition) is 4. The summed E-state index contributed by atoms with van der Waals surface area (Å²) < 4.78 is 23.3. The molecular weight excluding hydrogens is 320 g/mol. The van der Waals surface area contributed by atoms with Gasteiger partial charge in [-0.1, -0.05) is 23.2 Å². The zero-order valence-corrected chi connectivity index (χ0v) is 12.6. The molecule has 21 heavy (non-hydrogen) atoms. The Morgan fingerprint density at radius 2 is 1.95 bits per heavy atom. The fourth-order valence-corrected chi connectivity index (χ4v) is 2.07. The Bertz CT molecular complexity index is 707. The van der Waals surface area contributed by atoms with E-state index >= 15 is 0 Å². The van der Waals surface area contributed by atoms with Gasteiger partial charge in [0.1, 0.15) is 16.6 Å². The van der Waals surface area contributed by atoms with Crippen molar-refractivity contribution in [3.05, 3.63) is 45.8 Å².